The molecule has 0 saturated heterocycles. The Hall–Kier alpha value is -1.76. The summed E-state index contributed by atoms with van der Waals surface area (Å²) in [5.41, 5.74) is 4.75. The van der Waals surface area contributed by atoms with E-state index in [0.29, 0.717) is 18.4 Å². The number of ether oxygens (including phenoxy) is 1. The van der Waals surface area contributed by atoms with Gasteiger partial charge >= 0.3 is 12.3 Å². The van der Waals surface area contributed by atoms with E-state index in [1.807, 2.05) is 6.92 Å². The van der Waals surface area contributed by atoms with Gasteiger partial charge in [-0.1, -0.05) is 25.1 Å². The van der Waals surface area contributed by atoms with Crippen molar-refractivity contribution in [2.75, 3.05) is 0 Å². The van der Waals surface area contributed by atoms with Gasteiger partial charge in [-0.15, -0.1) is 13.2 Å². The Balaban J connectivity index is 2.67. The van der Waals surface area contributed by atoms with Gasteiger partial charge in [-0.2, -0.15) is 0 Å². The number of carboxylic acids is 1. The van der Waals surface area contributed by atoms with Crippen LogP contribution in [0, 0.1) is 5.92 Å². The third-order valence-corrected chi connectivity index (χ3v) is 3.37. The highest BCUT2D eigenvalue weighted by Crippen LogP contribution is 2.28. The molecule has 0 aliphatic heterocycles. The third kappa shape index (κ3) is 5.93. The van der Waals surface area contributed by atoms with Crippen molar-refractivity contribution in [1.82, 2.24) is 0 Å². The summed E-state index contributed by atoms with van der Waals surface area (Å²) in [6.45, 7) is 3.24. The van der Waals surface area contributed by atoms with E-state index in [1.165, 1.54) is 19.1 Å². The molecule has 0 aliphatic rings. The van der Waals surface area contributed by atoms with E-state index in [4.69, 9.17) is 10.8 Å². The molecule has 7 heteroatoms. The van der Waals surface area contributed by atoms with Crippen molar-refractivity contribution in [2.45, 2.75) is 45.0 Å². The summed E-state index contributed by atoms with van der Waals surface area (Å²) in [4.78, 5) is 11.0. The highest BCUT2D eigenvalue weighted by Gasteiger charge is 2.32. The van der Waals surface area contributed by atoms with Gasteiger partial charge in [0.1, 0.15) is 11.3 Å². The Morgan fingerprint density at radius 2 is 1.95 bits per heavy atom. The molecular weight excluding hydrogens is 299 g/mol. The van der Waals surface area contributed by atoms with Crippen LogP contribution in [0.4, 0.5) is 13.2 Å². The molecule has 0 spiro atoms. The lowest BCUT2D eigenvalue weighted by atomic mass is 9.87. The Bertz CT molecular complexity index is 515. The first kappa shape index (κ1) is 18.3. The number of hydrogen-bond donors (Lipinski definition) is 2. The summed E-state index contributed by atoms with van der Waals surface area (Å²) in [6, 6.07) is 5.92. The van der Waals surface area contributed by atoms with Gasteiger partial charge < -0.3 is 15.6 Å². The van der Waals surface area contributed by atoms with Crippen LogP contribution in [-0.2, 0) is 11.2 Å². The highest BCUT2D eigenvalue weighted by atomic mass is 19.4. The molecule has 0 radical (unpaired) electrons. The number of halogens is 3. The molecule has 0 saturated carbocycles. The maximum Gasteiger partial charge on any atom is 0.573 e. The summed E-state index contributed by atoms with van der Waals surface area (Å²) in [6.07, 6.45) is -3.63. The van der Waals surface area contributed by atoms with E-state index >= 15 is 0 Å². The van der Waals surface area contributed by atoms with Crippen molar-refractivity contribution in [3.05, 3.63) is 29.8 Å². The Kier molecular flexibility index (Phi) is 5.82. The monoisotopic (exact) mass is 319 g/mol. The minimum absolute atomic E-state index is 0.0509. The van der Waals surface area contributed by atoms with E-state index in [-0.39, 0.29) is 18.1 Å². The highest BCUT2D eigenvalue weighted by molar-refractivity contribution is 5.77. The van der Waals surface area contributed by atoms with E-state index < -0.39 is 17.9 Å². The fourth-order valence-corrected chi connectivity index (χ4v) is 2.25. The molecule has 0 aromatic heterocycles. The Morgan fingerprint density at radius 1 is 1.36 bits per heavy atom. The van der Waals surface area contributed by atoms with Crippen molar-refractivity contribution in [3.63, 3.8) is 0 Å². The molecule has 1 rings (SSSR count). The summed E-state index contributed by atoms with van der Waals surface area (Å²) >= 11 is 0. The Morgan fingerprint density at radius 3 is 2.50 bits per heavy atom. The van der Waals surface area contributed by atoms with Crippen LogP contribution in [0.25, 0.3) is 0 Å². The average Bonchev–Trinajstić information content (AvgIpc) is 2.35. The maximum absolute atomic E-state index is 12.3. The molecule has 0 amide bonds. The summed E-state index contributed by atoms with van der Waals surface area (Å²) in [5, 5.41) is 8.98. The quantitative estimate of drug-likeness (QED) is 0.808. The topological polar surface area (TPSA) is 72.5 Å². The number of alkyl halides is 3. The van der Waals surface area contributed by atoms with Crippen LogP contribution in [0.15, 0.2) is 24.3 Å². The lowest BCUT2D eigenvalue weighted by Gasteiger charge is -2.23. The largest absolute Gasteiger partial charge is 0.573 e. The first-order valence-corrected chi connectivity index (χ1v) is 6.87. The van der Waals surface area contributed by atoms with Gasteiger partial charge in [-0.05, 0) is 43.7 Å². The van der Waals surface area contributed by atoms with E-state index in [1.54, 1.807) is 12.1 Å². The number of rotatable bonds is 7. The lowest BCUT2D eigenvalue weighted by molar-refractivity contribution is -0.274. The van der Waals surface area contributed by atoms with Crippen LogP contribution in [-0.4, -0.2) is 23.0 Å². The van der Waals surface area contributed by atoms with Crippen LogP contribution in [0.1, 0.15) is 32.3 Å². The van der Waals surface area contributed by atoms with Crippen LogP contribution in [0.2, 0.25) is 0 Å². The molecule has 1 aromatic carbocycles. The molecule has 2 unspecified atom stereocenters. The van der Waals surface area contributed by atoms with Gasteiger partial charge in [0.15, 0.2) is 0 Å². The molecule has 22 heavy (non-hydrogen) atoms. The normalized spacial score (nSPS) is 15.9. The molecule has 1 aromatic rings. The van der Waals surface area contributed by atoms with Gasteiger partial charge in [0.05, 0.1) is 0 Å². The number of aliphatic carboxylic acids is 1. The molecule has 4 nitrogen and oxygen atoms in total. The van der Waals surface area contributed by atoms with Gasteiger partial charge in [0.25, 0.3) is 0 Å². The van der Waals surface area contributed by atoms with Crippen LogP contribution >= 0.6 is 0 Å². The first-order chi connectivity index (χ1) is 10.0. The molecule has 124 valence electrons. The SMILES string of the molecule is CC(CCc1ccccc1OC(F)(F)F)CC(C)(N)C(=O)O. The summed E-state index contributed by atoms with van der Waals surface area (Å²) in [7, 11) is 0. The second-order valence-electron chi connectivity index (χ2n) is 5.73. The minimum Gasteiger partial charge on any atom is -0.480 e. The smallest absolute Gasteiger partial charge is 0.480 e. The molecule has 0 fully saturated rings. The van der Waals surface area contributed by atoms with Crippen molar-refractivity contribution in [1.29, 1.82) is 0 Å². The number of carboxylic acid groups (broad SMARTS) is 1. The summed E-state index contributed by atoms with van der Waals surface area (Å²) < 4.78 is 41.0. The predicted molar refractivity (Wildman–Crippen MR) is 75.5 cm³/mol. The molecule has 0 heterocycles. The average molecular weight is 319 g/mol. The van der Waals surface area contributed by atoms with Gasteiger partial charge in [-0.3, -0.25) is 4.79 Å². The number of hydrogen-bond acceptors (Lipinski definition) is 3. The molecule has 3 N–H and O–H groups in total. The van der Waals surface area contributed by atoms with Crippen LogP contribution in [0.3, 0.4) is 0 Å². The number of carbonyl (C=O) groups is 1. The molecule has 0 bridgehead atoms. The Labute approximate surface area is 127 Å². The van der Waals surface area contributed by atoms with Gasteiger partial charge in [-0.25, -0.2) is 0 Å². The molecule has 0 aliphatic carbocycles. The maximum atomic E-state index is 12.3. The molecule has 2 atom stereocenters. The number of aryl methyl sites for hydroxylation is 1. The van der Waals surface area contributed by atoms with Gasteiger partial charge in [0.2, 0.25) is 0 Å². The number of para-hydroxylation sites is 1. The fourth-order valence-electron chi connectivity index (χ4n) is 2.25. The van der Waals surface area contributed by atoms with Crippen molar-refractivity contribution in [3.8, 4) is 5.75 Å². The van der Waals surface area contributed by atoms with Crippen molar-refractivity contribution < 1.29 is 27.8 Å². The zero-order valence-corrected chi connectivity index (χ0v) is 12.5. The standard InChI is InChI=1S/C15H20F3NO3/c1-10(9-14(2,19)13(20)21)7-8-11-5-3-4-6-12(11)22-15(16,17)18/h3-6,10H,7-9,19H2,1-2H3,(H,20,21). The lowest BCUT2D eigenvalue weighted by Crippen LogP contribution is -2.46. The first-order valence-electron chi connectivity index (χ1n) is 6.87. The predicted octanol–water partition coefficient (Wildman–Crippen LogP) is 3.35. The zero-order valence-electron chi connectivity index (χ0n) is 12.5. The fraction of sp³-hybridized carbons (Fsp3) is 0.533. The number of benzene rings is 1. The molecular formula is C15H20F3NO3. The minimum atomic E-state index is -4.74. The van der Waals surface area contributed by atoms with Gasteiger partial charge in [0, 0.05) is 0 Å². The van der Waals surface area contributed by atoms with E-state index in [9.17, 15) is 18.0 Å². The van der Waals surface area contributed by atoms with E-state index in [2.05, 4.69) is 4.74 Å². The third-order valence-electron chi connectivity index (χ3n) is 3.37. The van der Waals surface area contributed by atoms with Crippen LogP contribution < -0.4 is 10.5 Å². The summed E-state index contributed by atoms with van der Waals surface area (Å²) in [5.74, 6) is -1.37. The number of nitrogens with two attached hydrogens (primary N) is 1. The van der Waals surface area contributed by atoms with Crippen molar-refractivity contribution >= 4 is 5.97 Å². The second kappa shape index (κ2) is 7.00. The van der Waals surface area contributed by atoms with Crippen molar-refractivity contribution in [2.24, 2.45) is 11.7 Å². The zero-order chi connectivity index (χ0) is 17.0. The van der Waals surface area contributed by atoms with E-state index in [0.717, 1.165) is 0 Å². The second-order valence-corrected chi connectivity index (χ2v) is 5.73. The van der Waals surface area contributed by atoms with Crippen LogP contribution in [0.5, 0.6) is 5.75 Å².